The number of carbonyl (C=O) groups excluding carboxylic acids is 1. The van der Waals surface area contributed by atoms with Crippen molar-refractivity contribution in [2.24, 2.45) is 0 Å². The van der Waals surface area contributed by atoms with Crippen molar-refractivity contribution in [2.45, 2.75) is 13.0 Å². The molecule has 0 aliphatic carbocycles. The first-order valence-corrected chi connectivity index (χ1v) is 7.64. The summed E-state index contributed by atoms with van der Waals surface area (Å²) in [5.41, 5.74) is -0.179. The molecule has 0 unspecified atom stereocenters. The zero-order valence-corrected chi connectivity index (χ0v) is 14.4. The molecule has 0 saturated carbocycles. The van der Waals surface area contributed by atoms with E-state index >= 15 is 0 Å². The fraction of sp³-hybridized carbons (Fsp3) is 0.143. The van der Waals surface area contributed by atoms with Crippen molar-refractivity contribution in [3.63, 3.8) is 0 Å². The van der Waals surface area contributed by atoms with Crippen molar-refractivity contribution >= 4 is 52.2 Å². The van der Waals surface area contributed by atoms with Crippen molar-refractivity contribution in [3.05, 3.63) is 55.6 Å². The average molecular weight is 391 g/mol. The summed E-state index contributed by atoms with van der Waals surface area (Å²) < 4.78 is 5.41. The second-order valence-electron chi connectivity index (χ2n) is 4.61. The standard InChI is InChI=1S/C14H10Cl3N3O4/c1-7(14(21)19-13-11(17)4-8(15)6-18-13)24-12-3-2-9(20(22)23)5-10(12)16/h2-7H,1H3,(H,18,19,21)/t7-/m0/s1. The lowest BCUT2D eigenvalue weighted by Crippen LogP contribution is -2.30. The number of nitrogens with one attached hydrogen (secondary N) is 1. The third-order valence-electron chi connectivity index (χ3n) is 2.85. The Kier molecular flexibility index (Phi) is 5.82. The van der Waals surface area contributed by atoms with Crippen LogP contribution in [-0.2, 0) is 4.79 Å². The number of nitrogens with zero attached hydrogens (tertiary/aromatic N) is 2. The van der Waals surface area contributed by atoms with Gasteiger partial charge in [-0.1, -0.05) is 34.8 Å². The van der Waals surface area contributed by atoms with Gasteiger partial charge in [0, 0.05) is 18.3 Å². The highest BCUT2D eigenvalue weighted by Gasteiger charge is 2.19. The molecular formula is C14H10Cl3N3O4. The summed E-state index contributed by atoms with van der Waals surface area (Å²) in [6, 6.07) is 5.12. The summed E-state index contributed by atoms with van der Waals surface area (Å²) in [4.78, 5) is 26.1. The summed E-state index contributed by atoms with van der Waals surface area (Å²) in [5.74, 6) is -0.252. The van der Waals surface area contributed by atoms with Crippen LogP contribution in [0.3, 0.4) is 0 Å². The Balaban J connectivity index is 2.07. The zero-order chi connectivity index (χ0) is 17.9. The van der Waals surface area contributed by atoms with Crippen LogP contribution in [0.1, 0.15) is 6.92 Å². The minimum atomic E-state index is -0.947. The number of carbonyl (C=O) groups is 1. The lowest BCUT2D eigenvalue weighted by Gasteiger charge is -2.15. The maximum atomic E-state index is 12.1. The molecule has 10 heteroatoms. The number of hydrogen-bond donors (Lipinski definition) is 1. The number of benzene rings is 1. The van der Waals surface area contributed by atoms with Crippen molar-refractivity contribution in [2.75, 3.05) is 5.32 Å². The van der Waals surface area contributed by atoms with Crippen molar-refractivity contribution in [1.82, 2.24) is 4.98 Å². The minimum Gasteiger partial charge on any atom is -0.479 e. The third-order valence-corrected chi connectivity index (χ3v) is 3.64. The van der Waals surface area contributed by atoms with E-state index < -0.39 is 16.9 Å². The van der Waals surface area contributed by atoms with E-state index in [0.29, 0.717) is 5.02 Å². The molecule has 2 aromatic rings. The molecule has 1 heterocycles. The largest absolute Gasteiger partial charge is 0.479 e. The van der Waals surface area contributed by atoms with Gasteiger partial charge in [-0.2, -0.15) is 0 Å². The molecule has 0 radical (unpaired) electrons. The molecule has 0 saturated heterocycles. The Morgan fingerprint density at radius 3 is 2.58 bits per heavy atom. The van der Waals surface area contributed by atoms with E-state index in [1.807, 2.05) is 0 Å². The van der Waals surface area contributed by atoms with Gasteiger partial charge in [0.1, 0.15) is 5.75 Å². The lowest BCUT2D eigenvalue weighted by molar-refractivity contribution is -0.384. The molecule has 24 heavy (non-hydrogen) atoms. The van der Waals surface area contributed by atoms with Crippen LogP contribution in [0, 0.1) is 10.1 Å². The molecule has 1 atom stereocenters. The highest BCUT2D eigenvalue weighted by Crippen LogP contribution is 2.29. The molecule has 1 amide bonds. The monoisotopic (exact) mass is 389 g/mol. The van der Waals surface area contributed by atoms with Gasteiger partial charge in [-0.3, -0.25) is 14.9 Å². The zero-order valence-electron chi connectivity index (χ0n) is 12.1. The normalized spacial score (nSPS) is 11.7. The topological polar surface area (TPSA) is 94.4 Å². The number of amides is 1. The molecule has 2 rings (SSSR count). The van der Waals surface area contributed by atoms with E-state index in [1.165, 1.54) is 31.3 Å². The fourth-order valence-electron chi connectivity index (χ4n) is 1.67. The molecule has 0 bridgehead atoms. The number of ether oxygens (including phenoxy) is 1. The van der Waals surface area contributed by atoms with Gasteiger partial charge in [-0.25, -0.2) is 4.98 Å². The van der Waals surface area contributed by atoms with Crippen LogP contribution in [0.2, 0.25) is 15.1 Å². The Morgan fingerprint density at radius 1 is 1.29 bits per heavy atom. The number of pyridine rings is 1. The Bertz CT molecular complexity index is 801. The Morgan fingerprint density at radius 2 is 2.00 bits per heavy atom. The van der Waals surface area contributed by atoms with Gasteiger partial charge in [-0.15, -0.1) is 0 Å². The number of halogens is 3. The van der Waals surface area contributed by atoms with Crippen LogP contribution in [-0.4, -0.2) is 21.9 Å². The predicted molar refractivity (Wildman–Crippen MR) is 91.1 cm³/mol. The highest BCUT2D eigenvalue weighted by molar-refractivity contribution is 6.36. The van der Waals surface area contributed by atoms with Crippen molar-refractivity contribution < 1.29 is 14.5 Å². The van der Waals surface area contributed by atoms with E-state index in [-0.39, 0.29) is 27.3 Å². The molecule has 1 N–H and O–H groups in total. The Labute approximate surface area is 151 Å². The van der Waals surface area contributed by atoms with Crippen LogP contribution in [0.25, 0.3) is 0 Å². The van der Waals surface area contributed by atoms with Crippen LogP contribution >= 0.6 is 34.8 Å². The first kappa shape index (κ1) is 18.3. The van der Waals surface area contributed by atoms with Crippen molar-refractivity contribution in [1.29, 1.82) is 0 Å². The Hall–Kier alpha value is -2.09. The smallest absolute Gasteiger partial charge is 0.271 e. The molecule has 1 aromatic heterocycles. The van der Waals surface area contributed by atoms with E-state index in [1.54, 1.807) is 0 Å². The molecular weight excluding hydrogens is 381 g/mol. The number of rotatable bonds is 5. The molecule has 7 nitrogen and oxygen atoms in total. The molecule has 0 aliphatic heterocycles. The van der Waals surface area contributed by atoms with Crippen molar-refractivity contribution in [3.8, 4) is 5.75 Å². The highest BCUT2D eigenvalue weighted by atomic mass is 35.5. The maximum Gasteiger partial charge on any atom is 0.271 e. The van der Waals surface area contributed by atoms with Gasteiger partial charge in [-0.05, 0) is 19.1 Å². The maximum absolute atomic E-state index is 12.1. The summed E-state index contributed by atoms with van der Waals surface area (Å²) in [6.07, 6.45) is 0.388. The van der Waals surface area contributed by atoms with Gasteiger partial charge in [0.25, 0.3) is 11.6 Å². The van der Waals surface area contributed by atoms with Crippen LogP contribution in [0.5, 0.6) is 5.75 Å². The molecule has 1 aromatic carbocycles. The number of non-ortho nitro benzene ring substituents is 1. The van der Waals surface area contributed by atoms with E-state index in [2.05, 4.69) is 10.3 Å². The second-order valence-corrected chi connectivity index (χ2v) is 5.86. The van der Waals surface area contributed by atoms with Crippen LogP contribution in [0.15, 0.2) is 30.5 Å². The minimum absolute atomic E-state index is 0.0199. The number of nitro groups is 1. The van der Waals surface area contributed by atoms with Gasteiger partial charge in [0.2, 0.25) is 0 Å². The fourth-order valence-corrected chi connectivity index (χ4v) is 2.31. The molecule has 0 aliphatic rings. The lowest BCUT2D eigenvalue weighted by atomic mass is 10.3. The summed E-state index contributed by atoms with van der Waals surface area (Å²) in [7, 11) is 0. The SMILES string of the molecule is C[C@H](Oc1ccc([N+](=O)[O-])cc1Cl)C(=O)Nc1ncc(Cl)cc1Cl. The van der Waals surface area contributed by atoms with Gasteiger partial charge in [0.15, 0.2) is 11.9 Å². The average Bonchev–Trinajstić information content (AvgIpc) is 2.51. The third kappa shape index (κ3) is 4.47. The predicted octanol–water partition coefficient (Wildman–Crippen LogP) is 4.36. The quantitative estimate of drug-likeness (QED) is 0.605. The van der Waals surface area contributed by atoms with E-state index in [0.717, 1.165) is 6.07 Å². The van der Waals surface area contributed by atoms with E-state index in [9.17, 15) is 14.9 Å². The summed E-state index contributed by atoms with van der Waals surface area (Å²) in [6.45, 7) is 1.48. The number of aromatic nitrogens is 1. The first-order chi connectivity index (χ1) is 11.3. The summed E-state index contributed by atoms with van der Waals surface area (Å²) >= 11 is 17.6. The van der Waals surface area contributed by atoms with Crippen LogP contribution in [0.4, 0.5) is 11.5 Å². The number of anilines is 1. The number of hydrogen-bond acceptors (Lipinski definition) is 5. The first-order valence-electron chi connectivity index (χ1n) is 6.50. The number of nitro benzene ring substituents is 1. The molecule has 0 spiro atoms. The molecule has 126 valence electrons. The van der Waals surface area contributed by atoms with E-state index in [4.69, 9.17) is 39.5 Å². The van der Waals surface area contributed by atoms with Gasteiger partial charge < -0.3 is 10.1 Å². The second kappa shape index (κ2) is 7.65. The molecule has 0 fully saturated rings. The summed E-state index contributed by atoms with van der Waals surface area (Å²) in [5, 5.41) is 13.7. The van der Waals surface area contributed by atoms with Gasteiger partial charge >= 0.3 is 0 Å². The van der Waals surface area contributed by atoms with Crippen LogP contribution < -0.4 is 10.1 Å². The van der Waals surface area contributed by atoms with Gasteiger partial charge in [0.05, 0.1) is 20.0 Å².